The molecule has 3 aromatic rings. The summed E-state index contributed by atoms with van der Waals surface area (Å²) >= 11 is 0. The average Bonchev–Trinajstić information content (AvgIpc) is 3.40. The van der Waals surface area contributed by atoms with Crippen LogP contribution in [0.15, 0.2) is 34.9 Å². The fraction of sp³-hybridized carbons (Fsp3) is 0.522. The second kappa shape index (κ2) is 6.59. The molecule has 3 heterocycles. The molecule has 0 radical (unpaired) electrons. The number of furan rings is 1. The Morgan fingerprint density at radius 1 is 1.16 bits per heavy atom. The van der Waals surface area contributed by atoms with E-state index in [1.807, 2.05) is 0 Å². The van der Waals surface area contributed by atoms with Crippen LogP contribution in [0.2, 0.25) is 0 Å². The Morgan fingerprint density at radius 3 is 2.38 bits per heavy atom. The molecule has 4 aliphatic rings. The molecule has 3 aromatic heterocycles. The number of hydrogen-bond acceptors (Lipinski definition) is 4. The van der Waals surface area contributed by atoms with Crippen LogP contribution in [-0.2, 0) is 6.18 Å². The minimum atomic E-state index is -4.67. The molecule has 0 spiro atoms. The lowest BCUT2D eigenvalue weighted by Gasteiger charge is -2.59. The Morgan fingerprint density at radius 2 is 1.81 bits per heavy atom. The van der Waals surface area contributed by atoms with Gasteiger partial charge in [0, 0.05) is 18.7 Å². The molecule has 0 atom stereocenters. The van der Waals surface area contributed by atoms with Crippen LogP contribution in [0.1, 0.15) is 54.7 Å². The number of carbonyl (C=O) groups is 1. The first-order chi connectivity index (χ1) is 15.2. The summed E-state index contributed by atoms with van der Waals surface area (Å²) < 4.78 is 47.3. The number of aromatic nitrogens is 3. The van der Waals surface area contributed by atoms with Crippen molar-refractivity contribution in [2.75, 3.05) is 7.05 Å². The first kappa shape index (κ1) is 19.8. The zero-order chi connectivity index (χ0) is 22.3. The van der Waals surface area contributed by atoms with E-state index in [0.29, 0.717) is 22.3 Å². The number of alkyl halides is 3. The summed E-state index contributed by atoms with van der Waals surface area (Å²) in [5.74, 6) is 1.81. The van der Waals surface area contributed by atoms with Crippen LogP contribution in [0, 0.1) is 17.8 Å². The quantitative estimate of drug-likeness (QED) is 0.567. The summed E-state index contributed by atoms with van der Waals surface area (Å²) in [6.45, 7) is 0. The summed E-state index contributed by atoms with van der Waals surface area (Å²) in [7, 11) is 1.78. The predicted octanol–water partition coefficient (Wildman–Crippen LogP) is 5.05. The molecule has 168 valence electrons. The van der Waals surface area contributed by atoms with Gasteiger partial charge in [0.05, 0.1) is 6.26 Å². The fourth-order valence-electron chi connectivity index (χ4n) is 6.69. The highest BCUT2D eigenvalue weighted by atomic mass is 19.4. The molecule has 0 saturated heterocycles. The standard InChI is InChI=1S/C23H23F3N4O2/c1-29(22-10-13-5-14(11-22)7-15(6-13)12-22)21(31)17-9-20-27-16(18-3-2-4-32-18)8-19(23(24,25)26)30(20)28-17/h2-4,8-9,13-15H,5-7,10-12H2,1H3. The van der Waals surface area contributed by atoms with Gasteiger partial charge in [-0.3, -0.25) is 4.79 Å². The van der Waals surface area contributed by atoms with Crippen LogP contribution in [0.3, 0.4) is 0 Å². The number of fused-ring (bicyclic) bond motifs is 1. The van der Waals surface area contributed by atoms with Crippen LogP contribution in [0.5, 0.6) is 0 Å². The molecule has 7 rings (SSSR count). The van der Waals surface area contributed by atoms with Gasteiger partial charge in [-0.15, -0.1) is 0 Å². The molecule has 0 aliphatic heterocycles. The molecular formula is C23H23F3N4O2. The lowest BCUT2D eigenvalue weighted by atomic mass is 9.52. The lowest BCUT2D eigenvalue weighted by Crippen LogP contribution is -2.60. The smallest absolute Gasteiger partial charge is 0.433 e. The Hall–Kier alpha value is -2.84. The van der Waals surface area contributed by atoms with Crippen LogP contribution >= 0.6 is 0 Å². The molecule has 1 amide bonds. The van der Waals surface area contributed by atoms with E-state index >= 15 is 0 Å². The van der Waals surface area contributed by atoms with E-state index in [0.717, 1.165) is 25.3 Å². The van der Waals surface area contributed by atoms with E-state index in [1.165, 1.54) is 31.6 Å². The Bertz CT molecular complexity index is 1160. The van der Waals surface area contributed by atoms with Gasteiger partial charge in [-0.2, -0.15) is 18.3 Å². The Kier molecular flexibility index (Phi) is 4.08. The Labute approximate surface area is 182 Å². The van der Waals surface area contributed by atoms with Gasteiger partial charge in [0.25, 0.3) is 5.91 Å². The highest BCUT2D eigenvalue weighted by Gasteiger charge is 2.54. The minimum Gasteiger partial charge on any atom is -0.463 e. The van der Waals surface area contributed by atoms with Crippen molar-refractivity contribution in [2.45, 2.75) is 50.2 Å². The van der Waals surface area contributed by atoms with Gasteiger partial charge in [0.2, 0.25) is 0 Å². The van der Waals surface area contributed by atoms with E-state index in [9.17, 15) is 18.0 Å². The van der Waals surface area contributed by atoms with Crippen molar-refractivity contribution in [1.82, 2.24) is 19.5 Å². The molecule has 0 aromatic carbocycles. The SMILES string of the molecule is CN(C(=O)c1cc2nc(-c3ccco3)cc(C(F)(F)F)n2n1)C12CC3CC(CC(C3)C1)C2. The van der Waals surface area contributed by atoms with Crippen LogP contribution in [0.25, 0.3) is 17.1 Å². The highest BCUT2D eigenvalue weighted by molar-refractivity contribution is 5.94. The lowest BCUT2D eigenvalue weighted by molar-refractivity contribution is -0.142. The van der Waals surface area contributed by atoms with Crippen molar-refractivity contribution >= 4 is 11.6 Å². The zero-order valence-corrected chi connectivity index (χ0v) is 17.6. The summed E-state index contributed by atoms with van der Waals surface area (Å²) in [4.78, 5) is 19.5. The van der Waals surface area contributed by atoms with Crippen molar-refractivity contribution in [1.29, 1.82) is 0 Å². The maximum Gasteiger partial charge on any atom is 0.433 e. The third kappa shape index (κ3) is 2.97. The average molecular weight is 444 g/mol. The maximum absolute atomic E-state index is 13.8. The fourth-order valence-corrected chi connectivity index (χ4v) is 6.69. The third-order valence-corrected chi connectivity index (χ3v) is 7.73. The van der Waals surface area contributed by atoms with E-state index < -0.39 is 11.9 Å². The molecular weight excluding hydrogens is 421 g/mol. The van der Waals surface area contributed by atoms with Crippen molar-refractivity contribution in [2.24, 2.45) is 17.8 Å². The Balaban J connectivity index is 1.40. The second-order valence-electron chi connectivity index (χ2n) is 9.81. The number of nitrogens with zero attached hydrogens (tertiary/aromatic N) is 4. The van der Waals surface area contributed by atoms with Crippen LogP contribution in [-0.4, -0.2) is 38.0 Å². The van der Waals surface area contributed by atoms with E-state index in [2.05, 4.69) is 10.1 Å². The van der Waals surface area contributed by atoms with Crippen LogP contribution < -0.4 is 0 Å². The number of carbonyl (C=O) groups excluding carboxylic acids is 1. The van der Waals surface area contributed by atoms with Crippen molar-refractivity contribution in [3.8, 4) is 11.5 Å². The number of hydrogen-bond donors (Lipinski definition) is 0. The molecule has 6 nitrogen and oxygen atoms in total. The molecule has 4 bridgehead atoms. The third-order valence-electron chi connectivity index (χ3n) is 7.73. The molecule has 4 fully saturated rings. The molecule has 4 saturated carbocycles. The van der Waals surface area contributed by atoms with Crippen LogP contribution in [0.4, 0.5) is 13.2 Å². The number of amides is 1. The minimum absolute atomic E-state index is 0.0159. The van der Waals surface area contributed by atoms with Crippen molar-refractivity contribution in [3.05, 3.63) is 41.9 Å². The van der Waals surface area contributed by atoms with Gasteiger partial charge in [-0.05, 0) is 74.5 Å². The highest BCUT2D eigenvalue weighted by Crippen LogP contribution is 2.57. The largest absolute Gasteiger partial charge is 0.463 e. The zero-order valence-electron chi connectivity index (χ0n) is 17.6. The molecule has 0 N–H and O–H groups in total. The predicted molar refractivity (Wildman–Crippen MR) is 109 cm³/mol. The van der Waals surface area contributed by atoms with Crippen molar-refractivity contribution in [3.63, 3.8) is 0 Å². The molecule has 9 heteroatoms. The first-order valence-corrected chi connectivity index (χ1v) is 11.0. The van der Waals surface area contributed by atoms with Gasteiger partial charge in [0.1, 0.15) is 5.69 Å². The van der Waals surface area contributed by atoms with Gasteiger partial charge in [-0.1, -0.05) is 0 Å². The molecule has 32 heavy (non-hydrogen) atoms. The van der Waals surface area contributed by atoms with E-state index in [-0.39, 0.29) is 34.2 Å². The van der Waals surface area contributed by atoms with E-state index in [1.54, 1.807) is 24.1 Å². The summed E-state index contributed by atoms with van der Waals surface area (Å²) in [5, 5.41) is 4.06. The normalized spacial score (nSPS) is 29.1. The summed E-state index contributed by atoms with van der Waals surface area (Å²) in [6.07, 6.45) is 3.36. The maximum atomic E-state index is 13.8. The summed E-state index contributed by atoms with van der Waals surface area (Å²) in [5.41, 5.74) is -1.21. The van der Waals surface area contributed by atoms with Gasteiger partial charge < -0.3 is 9.32 Å². The topological polar surface area (TPSA) is 63.6 Å². The molecule has 4 aliphatic carbocycles. The number of halogens is 3. The molecule has 0 unspecified atom stereocenters. The first-order valence-electron chi connectivity index (χ1n) is 11.0. The van der Waals surface area contributed by atoms with Gasteiger partial charge in [0.15, 0.2) is 22.8 Å². The van der Waals surface area contributed by atoms with E-state index in [4.69, 9.17) is 4.42 Å². The monoisotopic (exact) mass is 444 g/mol. The number of rotatable bonds is 3. The summed E-state index contributed by atoms with van der Waals surface area (Å²) in [6, 6.07) is 5.37. The second-order valence-corrected chi connectivity index (χ2v) is 9.81. The van der Waals surface area contributed by atoms with Crippen molar-refractivity contribution < 1.29 is 22.4 Å². The van der Waals surface area contributed by atoms with Gasteiger partial charge in [-0.25, -0.2) is 9.50 Å². The van der Waals surface area contributed by atoms with Gasteiger partial charge >= 0.3 is 6.18 Å².